The molecule has 2 aromatic rings. The molecular weight excluding hydrogens is 268 g/mol. The molecule has 0 radical (unpaired) electrons. The number of para-hydroxylation sites is 1. The lowest BCUT2D eigenvalue weighted by atomic mass is 9.67. The fraction of sp³-hybridized carbons (Fsp3) is 0.556. The fourth-order valence-electron chi connectivity index (χ4n) is 3.61. The topological polar surface area (TPSA) is 13.1 Å². The van der Waals surface area contributed by atoms with Gasteiger partial charge in [-0.2, -0.15) is 0 Å². The first-order chi connectivity index (χ1) is 9.48. The first-order valence-electron chi connectivity index (χ1n) is 7.61. The van der Waals surface area contributed by atoms with Crippen molar-refractivity contribution >= 4 is 22.6 Å². The summed E-state index contributed by atoms with van der Waals surface area (Å²) in [5, 5.41) is 1.44. The maximum Gasteiger partial charge on any atom is 0.134 e. The van der Waals surface area contributed by atoms with E-state index in [2.05, 4.69) is 39.0 Å². The predicted octanol–water partition coefficient (Wildman–Crippen LogP) is 5.75. The monoisotopic (exact) mass is 290 g/mol. The third-order valence-electron chi connectivity index (χ3n) is 5.02. The molecule has 1 nitrogen and oxygen atoms in total. The summed E-state index contributed by atoms with van der Waals surface area (Å²) in [5.41, 5.74) is 0.969. The summed E-state index contributed by atoms with van der Waals surface area (Å²) in [7, 11) is 0. The first kappa shape index (κ1) is 14.0. The van der Waals surface area contributed by atoms with E-state index in [0.717, 1.165) is 23.7 Å². The molecular formula is C18H23ClO. The Bertz CT molecular complexity index is 565. The van der Waals surface area contributed by atoms with Crippen molar-refractivity contribution in [2.75, 3.05) is 0 Å². The average molecular weight is 291 g/mol. The molecule has 0 N–H and O–H groups in total. The van der Waals surface area contributed by atoms with Crippen LogP contribution in [-0.2, 0) is 5.41 Å². The Labute approximate surface area is 126 Å². The van der Waals surface area contributed by atoms with E-state index in [0.29, 0.717) is 5.92 Å². The molecule has 1 aliphatic rings. The minimum atomic E-state index is -0.00836. The maximum absolute atomic E-state index is 6.67. The third kappa shape index (κ3) is 2.37. The molecule has 0 spiro atoms. The summed E-state index contributed by atoms with van der Waals surface area (Å²) in [6, 6.07) is 10.4. The van der Waals surface area contributed by atoms with Crippen LogP contribution in [0.15, 0.2) is 34.7 Å². The highest BCUT2D eigenvalue weighted by molar-refractivity contribution is 6.20. The van der Waals surface area contributed by atoms with Crippen LogP contribution in [0.3, 0.4) is 0 Å². The van der Waals surface area contributed by atoms with Crippen LogP contribution in [0.4, 0.5) is 0 Å². The Balaban J connectivity index is 1.94. The molecule has 0 aliphatic heterocycles. The quantitative estimate of drug-likeness (QED) is 0.641. The molecule has 0 amide bonds. The largest absolute Gasteiger partial charge is 0.460 e. The van der Waals surface area contributed by atoms with Crippen LogP contribution < -0.4 is 0 Å². The maximum atomic E-state index is 6.67. The smallest absolute Gasteiger partial charge is 0.134 e. The SMILES string of the molecule is CC1CCC(C(C)(C)c2cc3ccccc3o2)C(Cl)C1. The third-order valence-corrected chi connectivity index (χ3v) is 5.50. The average Bonchev–Trinajstić information content (AvgIpc) is 2.82. The Morgan fingerprint density at radius 1 is 1.20 bits per heavy atom. The van der Waals surface area contributed by atoms with Crippen molar-refractivity contribution in [3.05, 3.63) is 36.1 Å². The first-order valence-corrected chi connectivity index (χ1v) is 8.05. The van der Waals surface area contributed by atoms with E-state index in [1.807, 2.05) is 12.1 Å². The molecule has 3 unspecified atom stereocenters. The normalized spacial score (nSPS) is 27.9. The van der Waals surface area contributed by atoms with E-state index < -0.39 is 0 Å². The van der Waals surface area contributed by atoms with Crippen LogP contribution in [0.25, 0.3) is 11.0 Å². The van der Waals surface area contributed by atoms with Gasteiger partial charge in [-0.3, -0.25) is 0 Å². The fourth-order valence-corrected chi connectivity index (χ4v) is 4.35. The molecule has 0 saturated heterocycles. The van der Waals surface area contributed by atoms with Crippen LogP contribution in [0.1, 0.15) is 45.8 Å². The molecule has 3 rings (SSSR count). The van der Waals surface area contributed by atoms with Gasteiger partial charge in [-0.25, -0.2) is 0 Å². The highest BCUT2D eigenvalue weighted by Crippen LogP contribution is 2.45. The van der Waals surface area contributed by atoms with Gasteiger partial charge in [-0.05, 0) is 36.8 Å². The Morgan fingerprint density at radius 3 is 2.65 bits per heavy atom. The summed E-state index contributed by atoms with van der Waals surface area (Å²) in [6.07, 6.45) is 3.59. The van der Waals surface area contributed by atoms with Gasteiger partial charge in [0.05, 0.1) is 0 Å². The van der Waals surface area contributed by atoms with Gasteiger partial charge in [0.2, 0.25) is 0 Å². The van der Waals surface area contributed by atoms with E-state index in [4.69, 9.17) is 16.0 Å². The number of hydrogen-bond acceptors (Lipinski definition) is 1. The second-order valence-electron chi connectivity index (χ2n) is 6.91. The number of furan rings is 1. The van der Waals surface area contributed by atoms with Gasteiger partial charge in [-0.15, -0.1) is 11.6 Å². The lowest BCUT2D eigenvalue weighted by Gasteiger charge is -2.40. The Morgan fingerprint density at radius 2 is 1.95 bits per heavy atom. The number of halogens is 1. The number of rotatable bonds is 2. The predicted molar refractivity (Wildman–Crippen MR) is 85.4 cm³/mol. The minimum Gasteiger partial charge on any atom is -0.460 e. The van der Waals surface area contributed by atoms with Crippen molar-refractivity contribution in [2.24, 2.45) is 11.8 Å². The highest BCUT2D eigenvalue weighted by atomic mass is 35.5. The minimum absolute atomic E-state index is 0.00836. The molecule has 108 valence electrons. The molecule has 1 heterocycles. The van der Waals surface area contributed by atoms with Crippen LogP contribution in [0, 0.1) is 11.8 Å². The van der Waals surface area contributed by atoms with E-state index in [9.17, 15) is 0 Å². The molecule has 1 aromatic carbocycles. The Kier molecular flexibility index (Phi) is 3.58. The van der Waals surface area contributed by atoms with Crippen molar-refractivity contribution < 1.29 is 4.42 Å². The summed E-state index contributed by atoms with van der Waals surface area (Å²) in [6.45, 7) is 6.86. The van der Waals surface area contributed by atoms with Crippen molar-refractivity contribution in [1.82, 2.24) is 0 Å². The summed E-state index contributed by atoms with van der Waals surface area (Å²) in [5.74, 6) is 2.31. The van der Waals surface area contributed by atoms with Crippen LogP contribution >= 0.6 is 11.6 Å². The molecule has 3 atom stereocenters. The molecule has 1 fully saturated rings. The Hall–Kier alpha value is -0.950. The van der Waals surface area contributed by atoms with E-state index in [1.54, 1.807) is 0 Å². The number of hydrogen-bond donors (Lipinski definition) is 0. The standard InChI is InChI=1S/C18H23ClO/c1-12-8-9-14(15(19)10-12)18(2,3)17-11-13-6-4-5-7-16(13)20-17/h4-7,11-12,14-15H,8-10H2,1-3H3. The summed E-state index contributed by atoms with van der Waals surface area (Å²) >= 11 is 6.67. The van der Waals surface area contributed by atoms with E-state index >= 15 is 0 Å². The zero-order valence-corrected chi connectivity index (χ0v) is 13.3. The summed E-state index contributed by atoms with van der Waals surface area (Å²) in [4.78, 5) is 0. The van der Waals surface area contributed by atoms with Gasteiger partial charge in [0.15, 0.2) is 0 Å². The van der Waals surface area contributed by atoms with Crippen LogP contribution in [0.2, 0.25) is 0 Å². The van der Waals surface area contributed by atoms with Crippen LogP contribution in [-0.4, -0.2) is 5.38 Å². The van der Waals surface area contributed by atoms with Crippen molar-refractivity contribution in [3.8, 4) is 0 Å². The molecule has 0 bridgehead atoms. The zero-order valence-electron chi connectivity index (χ0n) is 12.5. The molecule has 1 aliphatic carbocycles. The van der Waals surface area contributed by atoms with E-state index in [-0.39, 0.29) is 10.8 Å². The van der Waals surface area contributed by atoms with Gasteiger partial charge in [0.1, 0.15) is 11.3 Å². The van der Waals surface area contributed by atoms with Gasteiger partial charge in [0, 0.05) is 16.2 Å². The van der Waals surface area contributed by atoms with Crippen molar-refractivity contribution in [3.63, 3.8) is 0 Å². The van der Waals surface area contributed by atoms with Crippen molar-refractivity contribution in [2.45, 2.75) is 50.8 Å². The molecule has 1 aromatic heterocycles. The number of fused-ring (bicyclic) bond motifs is 1. The van der Waals surface area contributed by atoms with Gasteiger partial charge < -0.3 is 4.42 Å². The molecule has 2 heteroatoms. The number of benzene rings is 1. The zero-order chi connectivity index (χ0) is 14.3. The van der Waals surface area contributed by atoms with E-state index in [1.165, 1.54) is 18.2 Å². The highest BCUT2D eigenvalue weighted by Gasteiger charge is 2.41. The lowest BCUT2D eigenvalue weighted by Crippen LogP contribution is -2.38. The van der Waals surface area contributed by atoms with Crippen LogP contribution in [0.5, 0.6) is 0 Å². The van der Waals surface area contributed by atoms with Gasteiger partial charge in [0.25, 0.3) is 0 Å². The molecule has 20 heavy (non-hydrogen) atoms. The second-order valence-corrected chi connectivity index (χ2v) is 7.47. The molecule has 1 saturated carbocycles. The summed E-state index contributed by atoms with van der Waals surface area (Å²) < 4.78 is 6.10. The lowest BCUT2D eigenvalue weighted by molar-refractivity contribution is 0.187. The van der Waals surface area contributed by atoms with Crippen molar-refractivity contribution in [1.29, 1.82) is 0 Å². The van der Waals surface area contributed by atoms with Gasteiger partial charge in [-0.1, -0.05) is 45.4 Å². The number of alkyl halides is 1. The second kappa shape index (κ2) is 5.11. The van der Waals surface area contributed by atoms with Gasteiger partial charge >= 0.3 is 0 Å².